The predicted molar refractivity (Wildman–Crippen MR) is 133 cm³/mol. The molecule has 0 radical (unpaired) electrons. The molecular weight excluding hydrogens is 444 g/mol. The van der Waals surface area contributed by atoms with Crippen LogP contribution in [-0.2, 0) is 11.2 Å². The van der Waals surface area contributed by atoms with Crippen LogP contribution in [0.4, 0.5) is 11.4 Å². The third-order valence-corrected chi connectivity index (χ3v) is 6.45. The first-order valence-corrected chi connectivity index (χ1v) is 11.5. The van der Waals surface area contributed by atoms with E-state index in [0.717, 1.165) is 17.7 Å². The summed E-state index contributed by atoms with van der Waals surface area (Å²) in [6.45, 7) is 3.74. The normalized spacial score (nSPS) is 15.8. The first-order valence-electron chi connectivity index (χ1n) is 11.5. The minimum absolute atomic E-state index is 0.158. The summed E-state index contributed by atoms with van der Waals surface area (Å²) in [7, 11) is 1.53. The number of carbonyl (C=O) groups excluding carboxylic acids is 3. The van der Waals surface area contributed by atoms with E-state index in [1.54, 1.807) is 61.2 Å². The van der Waals surface area contributed by atoms with E-state index in [0.29, 0.717) is 34.9 Å². The van der Waals surface area contributed by atoms with Crippen molar-refractivity contribution in [2.24, 2.45) is 0 Å². The van der Waals surface area contributed by atoms with Gasteiger partial charge in [-0.2, -0.15) is 0 Å². The summed E-state index contributed by atoms with van der Waals surface area (Å²) in [6, 6.07) is 19.7. The number of ether oxygens (including phenoxy) is 2. The first-order chi connectivity index (χ1) is 16.8. The van der Waals surface area contributed by atoms with Crippen LogP contribution in [0.3, 0.4) is 0 Å². The summed E-state index contributed by atoms with van der Waals surface area (Å²) in [6.07, 6.45) is 0.795. The summed E-state index contributed by atoms with van der Waals surface area (Å²) < 4.78 is 11.2. The highest BCUT2D eigenvalue weighted by molar-refractivity contribution is 6.12. The summed E-state index contributed by atoms with van der Waals surface area (Å²) in [5.74, 6) is 0.257. The van der Waals surface area contributed by atoms with Gasteiger partial charge in [0.25, 0.3) is 11.8 Å². The second-order valence-corrected chi connectivity index (χ2v) is 9.18. The van der Waals surface area contributed by atoms with Crippen LogP contribution >= 0.6 is 0 Å². The van der Waals surface area contributed by atoms with Crippen LogP contribution in [0.1, 0.15) is 40.1 Å². The molecular formula is C28H26N2O5. The molecule has 0 aromatic heterocycles. The van der Waals surface area contributed by atoms with Crippen molar-refractivity contribution < 1.29 is 23.9 Å². The van der Waals surface area contributed by atoms with Gasteiger partial charge in [-0.15, -0.1) is 0 Å². The SMILES string of the molecule is COc1cccc(C(=O)CN2C(=O)C(C)(C)Oc3ccc(C(=O)N4CCc5ccccc54)cc32)c1. The zero-order valence-electron chi connectivity index (χ0n) is 19.9. The van der Waals surface area contributed by atoms with Gasteiger partial charge in [-0.05, 0) is 62.2 Å². The fourth-order valence-corrected chi connectivity index (χ4v) is 4.59. The largest absolute Gasteiger partial charge is 0.497 e. The van der Waals surface area contributed by atoms with Gasteiger partial charge in [-0.1, -0.05) is 30.3 Å². The van der Waals surface area contributed by atoms with Crippen LogP contribution in [-0.4, -0.2) is 43.4 Å². The molecule has 5 rings (SSSR count). The number of nitrogens with zero attached hydrogens (tertiary/aromatic N) is 2. The van der Waals surface area contributed by atoms with Gasteiger partial charge in [0.1, 0.15) is 11.5 Å². The molecule has 0 fully saturated rings. The molecule has 0 spiro atoms. The topological polar surface area (TPSA) is 76.1 Å². The number of Topliss-reactive ketones (excluding diaryl/α,β-unsaturated/α-hetero) is 1. The molecule has 7 nitrogen and oxygen atoms in total. The molecule has 0 saturated heterocycles. The van der Waals surface area contributed by atoms with Gasteiger partial charge in [0.2, 0.25) is 0 Å². The molecule has 3 aromatic rings. The highest BCUT2D eigenvalue weighted by atomic mass is 16.5. The molecule has 0 N–H and O–H groups in total. The fourth-order valence-electron chi connectivity index (χ4n) is 4.59. The number of ketones is 1. The maximum atomic E-state index is 13.4. The lowest BCUT2D eigenvalue weighted by molar-refractivity contribution is -0.132. The number of carbonyl (C=O) groups is 3. The maximum Gasteiger partial charge on any atom is 0.271 e. The lowest BCUT2D eigenvalue weighted by Crippen LogP contribution is -2.54. The maximum absolute atomic E-state index is 13.4. The molecule has 0 bridgehead atoms. The molecule has 2 aliphatic heterocycles. The van der Waals surface area contributed by atoms with Crippen molar-refractivity contribution in [3.8, 4) is 11.5 Å². The number of rotatable bonds is 5. The predicted octanol–water partition coefficient (Wildman–Crippen LogP) is 4.29. The Labute approximate surface area is 203 Å². The van der Waals surface area contributed by atoms with Crippen molar-refractivity contribution in [1.82, 2.24) is 0 Å². The van der Waals surface area contributed by atoms with Gasteiger partial charge in [-0.3, -0.25) is 19.3 Å². The van der Waals surface area contributed by atoms with E-state index in [2.05, 4.69) is 0 Å². The lowest BCUT2D eigenvalue weighted by atomic mass is 10.0. The minimum Gasteiger partial charge on any atom is -0.497 e. The van der Waals surface area contributed by atoms with Crippen molar-refractivity contribution in [1.29, 1.82) is 0 Å². The van der Waals surface area contributed by atoms with Gasteiger partial charge < -0.3 is 14.4 Å². The monoisotopic (exact) mass is 470 g/mol. The van der Waals surface area contributed by atoms with Crippen LogP contribution in [0.2, 0.25) is 0 Å². The standard InChI is InChI=1S/C28H26N2O5/c1-28(2)27(33)30(17-24(31)19-8-6-9-21(15-19)34-3)23-16-20(11-12-25(23)35-28)26(32)29-14-13-18-7-4-5-10-22(18)29/h4-12,15-16H,13-14,17H2,1-3H3. The number of para-hydroxylation sites is 1. The second kappa shape index (κ2) is 8.58. The van der Waals surface area contributed by atoms with E-state index < -0.39 is 5.60 Å². The molecule has 35 heavy (non-hydrogen) atoms. The summed E-state index contributed by atoms with van der Waals surface area (Å²) in [5.41, 5.74) is 2.14. The number of benzene rings is 3. The van der Waals surface area contributed by atoms with Gasteiger partial charge in [0.05, 0.1) is 19.3 Å². The van der Waals surface area contributed by atoms with E-state index in [4.69, 9.17) is 9.47 Å². The van der Waals surface area contributed by atoms with Crippen LogP contribution in [0.25, 0.3) is 0 Å². The lowest BCUT2D eigenvalue weighted by Gasteiger charge is -2.38. The van der Waals surface area contributed by atoms with Crippen LogP contribution in [0.15, 0.2) is 66.7 Å². The smallest absolute Gasteiger partial charge is 0.271 e. The van der Waals surface area contributed by atoms with Crippen molar-refractivity contribution in [2.75, 3.05) is 30.0 Å². The first kappa shape index (κ1) is 22.7. The number of hydrogen-bond acceptors (Lipinski definition) is 5. The third-order valence-electron chi connectivity index (χ3n) is 6.45. The molecule has 0 unspecified atom stereocenters. The van der Waals surface area contributed by atoms with Crippen molar-refractivity contribution in [3.05, 3.63) is 83.4 Å². The number of methoxy groups -OCH3 is 1. The average molecular weight is 471 g/mol. The zero-order valence-corrected chi connectivity index (χ0v) is 19.9. The van der Waals surface area contributed by atoms with Crippen molar-refractivity contribution >= 4 is 29.0 Å². The summed E-state index contributed by atoms with van der Waals surface area (Å²) >= 11 is 0. The van der Waals surface area contributed by atoms with E-state index >= 15 is 0 Å². The highest BCUT2D eigenvalue weighted by Gasteiger charge is 2.42. The van der Waals surface area contributed by atoms with E-state index in [9.17, 15) is 14.4 Å². The number of amides is 2. The number of hydrogen-bond donors (Lipinski definition) is 0. The van der Waals surface area contributed by atoms with Gasteiger partial charge in [0.15, 0.2) is 11.4 Å². The highest BCUT2D eigenvalue weighted by Crippen LogP contribution is 2.39. The second-order valence-electron chi connectivity index (χ2n) is 9.18. The zero-order chi connectivity index (χ0) is 24.7. The molecule has 0 saturated carbocycles. The van der Waals surface area contributed by atoms with Crippen molar-refractivity contribution in [3.63, 3.8) is 0 Å². The Morgan fingerprint density at radius 2 is 1.77 bits per heavy atom. The Bertz CT molecular complexity index is 1350. The van der Waals surface area contributed by atoms with E-state index in [-0.39, 0.29) is 24.1 Å². The average Bonchev–Trinajstić information content (AvgIpc) is 3.30. The molecule has 2 heterocycles. The molecule has 0 aliphatic carbocycles. The quantitative estimate of drug-likeness (QED) is 0.520. The van der Waals surface area contributed by atoms with Crippen LogP contribution in [0.5, 0.6) is 11.5 Å². The Balaban J connectivity index is 1.49. The van der Waals surface area contributed by atoms with E-state index in [1.807, 2.05) is 24.3 Å². The molecule has 0 atom stereocenters. The summed E-state index contributed by atoms with van der Waals surface area (Å²) in [5, 5.41) is 0. The molecule has 2 aliphatic rings. The third kappa shape index (κ3) is 4.03. The molecule has 7 heteroatoms. The number of fused-ring (bicyclic) bond motifs is 2. The molecule has 178 valence electrons. The Morgan fingerprint density at radius 1 is 0.971 bits per heavy atom. The van der Waals surface area contributed by atoms with Gasteiger partial charge in [0, 0.05) is 23.4 Å². The van der Waals surface area contributed by atoms with Gasteiger partial charge in [-0.25, -0.2) is 0 Å². The molecule has 3 aromatic carbocycles. The summed E-state index contributed by atoms with van der Waals surface area (Å²) in [4.78, 5) is 43.1. The van der Waals surface area contributed by atoms with Crippen molar-refractivity contribution in [2.45, 2.75) is 25.9 Å². The Morgan fingerprint density at radius 3 is 2.57 bits per heavy atom. The van der Waals surface area contributed by atoms with E-state index in [1.165, 1.54) is 12.0 Å². The Kier molecular flexibility index (Phi) is 5.55. The number of anilines is 2. The van der Waals surface area contributed by atoms with Gasteiger partial charge >= 0.3 is 0 Å². The molecule has 2 amide bonds. The van der Waals surface area contributed by atoms with Crippen LogP contribution < -0.4 is 19.3 Å². The van der Waals surface area contributed by atoms with Crippen LogP contribution in [0, 0.1) is 0 Å². The Hall–Kier alpha value is -4.13. The fraction of sp³-hybridized carbons (Fsp3) is 0.250. The minimum atomic E-state index is -1.15.